The van der Waals surface area contributed by atoms with Crippen molar-refractivity contribution in [3.8, 4) is 0 Å². The molecule has 1 N–H and O–H groups in total. The van der Waals surface area contributed by atoms with Crippen molar-refractivity contribution in [3.63, 3.8) is 0 Å². The van der Waals surface area contributed by atoms with Gasteiger partial charge in [0.05, 0.1) is 0 Å². The highest BCUT2D eigenvalue weighted by molar-refractivity contribution is 14.1. The molecule has 1 aromatic rings. The van der Waals surface area contributed by atoms with Gasteiger partial charge in [0.1, 0.15) is 0 Å². The van der Waals surface area contributed by atoms with E-state index in [1.54, 1.807) is 0 Å². The van der Waals surface area contributed by atoms with Crippen molar-refractivity contribution < 1.29 is 0 Å². The van der Waals surface area contributed by atoms with Crippen LogP contribution in [0.3, 0.4) is 0 Å². The van der Waals surface area contributed by atoms with Crippen LogP contribution in [0, 0.1) is 16.4 Å². The van der Waals surface area contributed by atoms with Crippen molar-refractivity contribution in [2.75, 3.05) is 11.9 Å². The average Bonchev–Trinajstić information content (AvgIpc) is 2.16. The van der Waals surface area contributed by atoms with Gasteiger partial charge in [-0.15, -0.1) is 0 Å². The normalized spacial score (nSPS) is 12.6. The van der Waals surface area contributed by atoms with Crippen LogP contribution in [0.25, 0.3) is 0 Å². The summed E-state index contributed by atoms with van der Waals surface area (Å²) in [6.07, 6.45) is 1.23. The number of anilines is 1. The zero-order valence-electron chi connectivity index (χ0n) is 9.10. The number of hydrogen-bond donors (Lipinski definition) is 1. The largest absolute Gasteiger partial charge is 0.385 e. The van der Waals surface area contributed by atoms with Gasteiger partial charge in [-0.2, -0.15) is 0 Å². The van der Waals surface area contributed by atoms with Crippen LogP contribution in [0.15, 0.2) is 18.2 Å². The smallest absolute Gasteiger partial charge is 0.0370 e. The minimum Gasteiger partial charge on any atom is -0.385 e. The van der Waals surface area contributed by atoms with Crippen molar-refractivity contribution in [1.29, 1.82) is 0 Å². The number of halogens is 1. The molecule has 2 heteroatoms. The summed E-state index contributed by atoms with van der Waals surface area (Å²) in [5, 5.41) is 3.49. The Kier molecular flexibility index (Phi) is 4.72. The number of nitrogens with one attached hydrogen (secondary N) is 1. The van der Waals surface area contributed by atoms with Crippen molar-refractivity contribution in [1.82, 2.24) is 0 Å². The number of aryl methyl sites for hydroxylation is 1. The van der Waals surface area contributed by atoms with E-state index in [4.69, 9.17) is 0 Å². The number of hydrogen-bond acceptors (Lipinski definition) is 1. The molecule has 0 aliphatic carbocycles. The lowest BCUT2D eigenvalue weighted by atomic mass is 10.1. The summed E-state index contributed by atoms with van der Waals surface area (Å²) in [7, 11) is 0. The molecule has 1 unspecified atom stereocenters. The zero-order chi connectivity index (χ0) is 10.6. The summed E-state index contributed by atoms with van der Waals surface area (Å²) in [5.41, 5.74) is 2.60. The maximum atomic E-state index is 3.49. The summed E-state index contributed by atoms with van der Waals surface area (Å²) >= 11 is 2.34. The molecule has 1 atom stereocenters. The van der Waals surface area contributed by atoms with Crippen LogP contribution in [0.4, 0.5) is 5.69 Å². The lowest BCUT2D eigenvalue weighted by molar-refractivity contribution is 0.593. The Bertz CT molecular complexity index is 296. The second kappa shape index (κ2) is 5.59. The molecule has 1 nitrogen and oxygen atoms in total. The third kappa shape index (κ3) is 3.48. The Balaban J connectivity index is 2.59. The summed E-state index contributed by atoms with van der Waals surface area (Å²) in [5.74, 6) is 0.744. The van der Waals surface area contributed by atoms with E-state index in [2.05, 4.69) is 66.9 Å². The molecule has 0 aromatic heterocycles. The van der Waals surface area contributed by atoms with Crippen LogP contribution in [0.5, 0.6) is 0 Å². The van der Waals surface area contributed by atoms with Gasteiger partial charge < -0.3 is 5.32 Å². The summed E-state index contributed by atoms with van der Waals surface area (Å²) < 4.78 is 1.30. The number of benzene rings is 1. The van der Waals surface area contributed by atoms with E-state index >= 15 is 0 Å². The maximum Gasteiger partial charge on any atom is 0.0370 e. The third-order valence-corrected chi connectivity index (χ3v) is 3.20. The lowest BCUT2D eigenvalue weighted by Crippen LogP contribution is -2.10. The molecule has 14 heavy (non-hydrogen) atoms. The van der Waals surface area contributed by atoms with Gasteiger partial charge in [0, 0.05) is 15.8 Å². The summed E-state index contributed by atoms with van der Waals surface area (Å²) in [6.45, 7) is 7.72. The second-order valence-electron chi connectivity index (χ2n) is 3.85. The lowest BCUT2D eigenvalue weighted by Gasteiger charge is -2.13. The monoisotopic (exact) mass is 303 g/mol. The van der Waals surface area contributed by atoms with Gasteiger partial charge in [-0.3, -0.25) is 0 Å². The zero-order valence-corrected chi connectivity index (χ0v) is 11.3. The highest BCUT2D eigenvalue weighted by atomic mass is 127. The van der Waals surface area contributed by atoms with Crippen molar-refractivity contribution in [3.05, 3.63) is 27.3 Å². The van der Waals surface area contributed by atoms with Gasteiger partial charge in [0.15, 0.2) is 0 Å². The molecule has 0 saturated heterocycles. The predicted molar refractivity (Wildman–Crippen MR) is 71.8 cm³/mol. The van der Waals surface area contributed by atoms with E-state index in [0.29, 0.717) is 0 Å². The Morgan fingerprint density at radius 3 is 2.71 bits per heavy atom. The Morgan fingerprint density at radius 1 is 1.43 bits per heavy atom. The van der Waals surface area contributed by atoms with E-state index in [-0.39, 0.29) is 0 Å². The SMILES string of the molecule is CCC(C)CNc1ccc(I)cc1C. The maximum absolute atomic E-state index is 3.49. The van der Waals surface area contributed by atoms with Crippen LogP contribution in [-0.4, -0.2) is 6.54 Å². The first-order valence-corrected chi connectivity index (χ1v) is 6.21. The van der Waals surface area contributed by atoms with E-state index in [9.17, 15) is 0 Å². The van der Waals surface area contributed by atoms with Crippen LogP contribution in [-0.2, 0) is 0 Å². The molecule has 0 heterocycles. The molecular formula is C12H18IN. The summed E-state index contributed by atoms with van der Waals surface area (Å²) in [6, 6.07) is 6.52. The highest BCUT2D eigenvalue weighted by Crippen LogP contribution is 2.18. The van der Waals surface area contributed by atoms with Gasteiger partial charge in [0.25, 0.3) is 0 Å². The van der Waals surface area contributed by atoms with E-state index < -0.39 is 0 Å². The minimum atomic E-state index is 0.744. The fourth-order valence-electron chi connectivity index (χ4n) is 1.25. The van der Waals surface area contributed by atoms with E-state index in [1.807, 2.05) is 0 Å². The fourth-order valence-corrected chi connectivity index (χ4v) is 1.90. The molecule has 78 valence electrons. The molecule has 0 spiro atoms. The fraction of sp³-hybridized carbons (Fsp3) is 0.500. The van der Waals surface area contributed by atoms with Gasteiger partial charge in [-0.1, -0.05) is 20.3 Å². The van der Waals surface area contributed by atoms with Crippen LogP contribution in [0.1, 0.15) is 25.8 Å². The Hall–Kier alpha value is -0.250. The quantitative estimate of drug-likeness (QED) is 0.827. The minimum absolute atomic E-state index is 0.744. The van der Waals surface area contributed by atoms with Crippen LogP contribution >= 0.6 is 22.6 Å². The molecule has 0 fully saturated rings. The highest BCUT2D eigenvalue weighted by Gasteiger charge is 2.01. The van der Waals surface area contributed by atoms with Crippen LogP contribution < -0.4 is 5.32 Å². The second-order valence-corrected chi connectivity index (χ2v) is 5.10. The molecule has 0 amide bonds. The first-order chi connectivity index (χ1) is 6.63. The van der Waals surface area contributed by atoms with Crippen LogP contribution in [0.2, 0.25) is 0 Å². The standard InChI is InChI=1S/C12H18IN/c1-4-9(2)8-14-12-6-5-11(13)7-10(12)3/h5-7,9,14H,4,8H2,1-3H3. The van der Waals surface area contributed by atoms with Gasteiger partial charge in [0.2, 0.25) is 0 Å². The molecular weight excluding hydrogens is 285 g/mol. The molecule has 0 saturated carbocycles. The van der Waals surface area contributed by atoms with Gasteiger partial charge in [-0.05, 0) is 59.2 Å². The van der Waals surface area contributed by atoms with E-state index in [1.165, 1.54) is 21.2 Å². The molecule has 0 aliphatic heterocycles. The number of rotatable bonds is 4. The molecule has 1 rings (SSSR count). The molecule has 0 aliphatic rings. The van der Waals surface area contributed by atoms with Crippen molar-refractivity contribution in [2.24, 2.45) is 5.92 Å². The average molecular weight is 303 g/mol. The van der Waals surface area contributed by atoms with Crippen molar-refractivity contribution in [2.45, 2.75) is 27.2 Å². The third-order valence-electron chi connectivity index (χ3n) is 2.53. The Labute approximate surface area is 100 Å². The van der Waals surface area contributed by atoms with E-state index in [0.717, 1.165) is 12.5 Å². The first-order valence-electron chi connectivity index (χ1n) is 5.13. The van der Waals surface area contributed by atoms with Crippen molar-refractivity contribution >= 4 is 28.3 Å². The van der Waals surface area contributed by atoms with Gasteiger partial charge >= 0.3 is 0 Å². The molecule has 1 aromatic carbocycles. The molecule has 0 radical (unpaired) electrons. The van der Waals surface area contributed by atoms with Gasteiger partial charge in [-0.25, -0.2) is 0 Å². The molecule has 0 bridgehead atoms. The topological polar surface area (TPSA) is 12.0 Å². The summed E-state index contributed by atoms with van der Waals surface area (Å²) in [4.78, 5) is 0. The Morgan fingerprint density at radius 2 is 2.14 bits per heavy atom. The first kappa shape index (κ1) is 11.8. The predicted octanol–water partition coefficient (Wildman–Crippen LogP) is 4.06.